The Morgan fingerprint density at radius 1 is 0.875 bits per heavy atom. The first-order valence-corrected chi connectivity index (χ1v) is 17.2. The van der Waals surface area contributed by atoms with E-state index in [2.05, 4.69) is 5.32 Å². The lowest BCUT2D eigenvalue weighted by atomic mass is 10.0. The maximum absolute atomic E-state index is 14.6. The van der Waals surface area contributed by atoms with Crippen molar-refractivity contribution in [1.29, 1.82) is 0 Å². The highest BCUT2D eigenvalue weighted by molar-refractivity contribution is 7.92. The Kier molecular flexibility index (Phi) is 12.4. The van der Waals surface area contributed by atoms with Crippen molar-refractivity contribution >= 4 is 39.1 Å². The number of rotatable bonds is 15. The minimum absolute atomic E-state index is 0.0188. The molecular weight excluding hydrogens is 657 g/mol. The highest BCUT2D eigenvalue weighted by Crippen LogP contribution is 2.32. The molecule has 0 fully saturated rings. The topological polar surface area (TPSA) is 105 Å². The summed E-state index contributed by atoms with van der Waals surface area (Å²) in [5.41, 5.74) is 1.54. The summed E-state index contributed by atoms with van der Waals surface area (Å²) in [5.74, 6) is -1.14. The van der Waals surface area contributed by atoms with Gasteiger partial charge in [0.1, 0.15) is 18.4 Å². The summed E-state index contributed by atoms with van der Waals surface area (Å²) in [5, 5.41) is 3.49. The van der Waals surface area contributed by atoms with Crippen LogP contribution < -0.4 is 19.1 Å². The van der Waals surface area contributed by atoms with Gasteiger partial charge in [0.25, 0.3) is 10.0 Å². The van der Waals surface area contributed by atoms with Crippen molar-refractivity contribution in [2.24, 2.45) is 0 Å². The molecule has 1 N–H and O–H groups in total. The number of nitrogens with one attached hydrogen (secondary N) is 1. The third-order valence-electron chi connectivity index (χ3n) is 7.87. The van der Waals surface area contributed by atoms with Gasteiger partial charge in [0.2, 0.25) is 11.8 Å². The van der Waals surface area contributed by atoms with E-state index in [0.29, 0.717) is 22.8 Å². The number of nitrogens with zero attached hydrogens (tertiary/aromatic N) is 2. The number of amides is 2. The van der Waals surface area contributed by atoms with Gasteiger partial charge < -0.3 is 19.7 Å². The first kappa shape index (κ1) is 36.2. The van der Waals surface area contributed by atoms with Crippen LogP contribution in [0.1, 0.15) is 31.4 Å². The van der Waals surface area contributed by atoms with Crippen LogP contribution in [0.3, 0.4) is 0 Å². The smallest absolute Gasteiger partial charge is 0.264 e. The van der Waals surface area contributed by atoms with Gasteiger partial charge in [0.15, 0.2) is 11.5 Å². The molecule has 2 atom stereocenters. The van der Waals surface area contributed by atoms with Gasteiger partial charge in [-0.25, -0.2) is 12.8 Å². The minimum atomic E-state index is -4.45. The van der Waals surface area contributed by atoms with Crippen LogP contribution in [-0.2, 0) is 32.6 Å². The molecule has 0 aliphatic rings. The first-order chi connectivity index (χ1) is 23.0. The van der Waals surface area contributed by atoms with Crippen molar-refractivity contribution in [1.82, 2.24) is 10.2 Å². The zero-order valence-electron chi connectivity index (χ0n) is 27.2. The Bertz CT molecular complexity index is 1790. The normalized spacial score (nSPS) is 12.5. The molecule has 0 radical (unpaired) electrons. The van der Waals surface area contributed by atoms with E-state index in [1.165, 1.54) is 49.5 Å². The van der Waals surface area contributed by atoms with Crippen LogP contribution in [-0.4, -0.2) is 58.0 Å². The third-order valence-corrected chi connectivity index (χ3v) is 9.90. The molecule has 0 saturated heterocycles. The highest BCUT2D eigenvalue weighted by Gasteiger charge is 2.35. The summed E-state index contributed by atoms with van der Waals surface area (Å²) in [6.07, 6.45) is 0.832. The van der Waals surface area contributed by atoms with Gasteiger partial charge in [-0.1, -0.05) is 61.0 Å². The van der Waals surface area contributed by atoms with Crippen LogP contribution in [0, 0.1) is 5.82 Å². The number of sulfonamides is 1. The van der Waals surface area contributed by atoms with Gasteiger partial charge in [0.05, 0.1) is 24.8 Å². The van der Waals surface area contributed by atoms with Gasteiger partial charge >= 0.3 is 0 Å². The minimum Gasteiger partial charge on any atom is -0.493 e. The van der Waals surface area contributed by atoms with Gasteiger partial charge in [-0.2, -0.15) is 0 Å². The number of halogens is 2. The molecule has 254 valence electrons. The zero-order chi connectivity index (χ0) is 34.8. The number of hydrogen-bond donors (Lipinski definition) is 1. The second-order valence-electron chi connectivity index (χ2n) is 11.2. The molecule has 0 aromatic heterocycles. The van der Waals surface area contributed by atoms with Crippen molar-refractivity contribution in [3.8, 4) is 11.5 Å². The van der Waals surface area contributed by atoms with Gasteiger partial charge in [-0.3, -0.25) is 13.9 Å². The predicted molar refractivity (Wildman–Crippen MR) is 184 cm³/mol. The number of methoxy groups -OCH3 is 2. The molecule has 12 heteroatoms. The number of benzene rings is 4. The Morgan fingerprint density at radius 3 is 2.12 bits per heavy atom. The standard InChI is InChI=1S/C36H39ClFN3O6S/c1-5-25(2)39-36(43)32(21-26-9-7-6-8-10-26)40(23-27-11-13-28(37)14-12-27)35(42)24-41(30-17-15-29(38)16-18-30)48(44,45)31-19-20-33(46-3)34(22-31)47-4/h6-20,22,25,32H,5,21,23-24H2,1-4H3,(H,39,43)/t25-,32-/m1/s1. The van der Waals surface area contributed by atoms with Gasteiger partial charge in [0, 0.05) is 30.1 Å². The quantitative estimate of drug-likeness (QED) is 0.158. The predicted octanol–water partition coefficient (Wildman–Crippen LogP) is 6.25. The molecule has 0 aliphatic carbocycles. The van der Waals surface area contributed by atoms with E-state index in [1.54, 1.807) is 24.3 Å². The number of hydrogen-bond acceptors (Lipinski definition) is 6. The van der Waals surface area contributed by atoms with Gasteiger partial charge in [-0.05, 0) is 73.0 Å². The summed E-state index contributed by atoms with van der Waals surface area (Å²) in [6.45, 7) is 3.09. The van der Waals surface area contributed by atoms with Crippen LogP contribution >= 0.6 is 11.6 Å². The average Bonchev–Trinajstić information content (AvgIpc) is 3.09. The number of anilines is 1. The van der Waals surface area contributed by atoms with Crippen LogP contribution in [0.15, 0.2) is 102 Å². The van der Waals surface area contributed by atoms with Crippen molar-refractivity contribution in [3.63, 3.8) is 0 Å². The molecule has 9 nitrogen and oxygen atoms in total. The van der Waals surface area contributed by atoms with E-state index in [-0.39, 0.29) is 41.2 Å². The second kappa shape index (κ2) is 16.5. The lowest BCUT2D eigenvalue weighted by molar-refractivity contribution is -0.140. The largest absolute Gasteiger partial charge is 0.493 e. The van der Waals surface area contributed by atoms with E-state index in [0.717, 1.165) is 22.0 Å². The maximum Gasteiger partial charge on any atom is 0.264 e. The number of ether oxygens (including phenoxy) is 2. The van der Waals surface area contributed by atoms with Gasteiger partial charge in [-0.15, -0.1) is 0 Å². The summed E-state index contributed by atoms with van der Waals surface area (Å²) in [6, 6.07) is 23.8. The molecule has 2 amide bonds. The molecule has 0 bridgehead atoms. The molecule has 0 aliphatic heterocycles. The monoisotopic (exact) mass is 695 g/mol. The lowest BCUT2D eigenvalue weighted by Crippen LogP contribution is -2.54. The maximum atomic E-state index is 14.6. The first-order valence-electron chi connectivity index (χ1n) is 15.3. The number of carbonyl (C=O) groups excluding carboxylic acids is 2. The molecular formula is C36H39ClFN3O6S. The van der Waals surface area contributed by atoms with Crippen LogP contribution in [0.2, 0.25) is 5.02 Å². The van der Waals surface area contributed by atoms with Crippen LogP contribution in [0.4, 0.5) is 10.1 Å². The van der Waals surface area contributed by atoms with E-state index in [4.69, 9.17) is 21.1 Å². The van der Waals surface area contributed by atoms with E-state index in [9.17, 15) is 22.4 Å². The third kappa shape index (κ3) is 9.05. The van der Waals surface area contributed by atoms with E-state index in [1.807, 2.05) is 44.2 Å². The van der Waals surface area contributed by atoms with Crippen molar-refractivity contribution < 1.29 is 31.9 Å². The number of carbonyl (C=O) groups is 2. The second-order valence-corrected chi connectivity index (χ2v) is 13.5. The molecule has 4 aromatic rings. The molecule has 0 heterocycles. The van der Waals surface area contributed by atoms with E-state index < -0.39 is 34.3 Å². The van der Waals surface area contributed by atoms with Crippen LogP contribution in [0.5, 0.6) is 11.5 Å². The Labute approximate surface area is 286 Å². The molecule has 0 unspecified atom stereocenters. The summed E-state index contributed by atoms with van der Waals surface area (Å²) >= 11 is 6.14. The van der Waals surface area contributed by atoms with Crippen molar-refractivity contribution in [2.75, 3.05) is 25.1 Å². The molecule has 0 saturated carbocycles. The fraction of sp³-hybridized carbons (Fsp3) is 0.278. The summed E-state index contributed by atoms with van der Waals surface area (Å²) < 4.78 is 54.1. The highest BCUT2D eigenvalue weighted by atomic mass is 35.5. The van der Waals surface area contributed by atoms with Crippen molar-refractivity contribution in [3.05, 3.63) is 119 Å². The molecule has 0 spiro atoms. The fourth-order valence-electron chi connectivity index (χ4n) is 5.02. The SMILES string of the molecule is CC[C@@H](C)NC(=O)[C@@H](Cc1ccccc1)N(Cc1ccc(Cl)cc1)C(=O)CN(c1ccc(F)cc1)S(=O)(=O)c1ccc(OC)c(OC)c1. The summed E-state index contributed by atoms with van der Waals surface area (Å²) in [4.78, 5) is 29.7. The Morgan fingerprint density at radius 2 is 1.52 bits per heavy atom. The Hall–Kier alpha value is -4.61. The average molecular weight is 696 g/mol. The van der Waals surface area contributed by atoms with Crippen molar-refractivity contribution in [2.45, 2.75) is 50.2 Å². The Balaban J connectivity index is 1.82. The zero-order valence-corrected chi connectivity index (χ0v) is 28.8. The molecule has 4 rings (SSSR count). The fourth-order valence-corrected chi connectivity index (χ4v) is 6.58. The lowest BCUT2D eigenvalue weighted by Gasteiger charge is -2.34. The molecule has 4 aromatic carbocycles. The summed E-state index contributed by atoms with van der Waals surface area (Å²) in [7, 11) is -1.65. The molecule has 48 heavy (non-hydrogen) atoms. The van der Waals surface area contributed by atoms with E-state index >= 15 is 0 Å². The van der Waals surface area contributed by atoms with Crippen LogP contribution in [0.25, 0.3) is 0 Å².